The topological polar surface area (TPSA) is 89.8 Å². The van der Waals surface area contributed by atoms with Gasteiger partial charge in [0.1, 0.15) is 11.6 Å². The predicted octanol–water partition coefficient (Wildman–Crippen LogP) is 1.66. The number of nitriles is 1. The Labute approximate surface area is 119 Å². The molecule has 2 heterocycles. The average molecular weight is 288 g/mol. The number of rotatable bonds is 4. The van der Waals surface area contributed by atoms with E-state index in [1.807, 2.05) is 13.0 Å². The second kappa shape index (κ2) is 5.67. The average Bonchev–Trinajstić information content (AvgIpc) is 2.90. The van der Waals surface area contributed by atoms with Gasteiger partial charge in [-0.05, 0) is 19.9 Å². The zero-order valence-corrected chi connectivity index (χ0v) is 11.8. The van der Waals surface area contributed by atoms with Gasteiger partial charge in [0, 0.05) is 23.2 Å². The minimum atomic E-state index is -0.410. The van der Waals surface area contributed by atoms with Gasteiger partial charge in [-0.3, -0.25) is 14.5 Å². The summed E-state index contributed by atoms with van der Waals surface area (Å²) >= 11 is 1.34. The molecule has 7 heteroatoms. The molecule has 0 aliphatic carbocycles. The van der Waals surface area contributed by atoms with Crippen LogP contribution in [0.3, 0.4) is 0 Å². The number of amides is 1. The van der Waals surface area contributed by atoms with E-state index in [0.717, 1.165) is 6.41 Å². The van der Waals surface area contributed by atoms with Crippen LogP contribution in [0.1, 0.15) is 18.2 Å². The third-order valence-corrected chi connectivity index (χ3v) is 3.72. The number of nitrogens with zero attached hydrogens (tertiary/aromatic N) is 3. The summed E-state index contributed by atoms with van der Waals surface area (Å²) in [6.07, 6.45) is 0.725. The smallest absolute Gasteiger partial charge is 0.266 e. The second-order valence-electron chi connectivity index (χ2n) is 4.07. The quantitative estimate of drug-likeness (QED) is 0.866. The lowest BCUT2D eigenvalue weighted by Crippen LogP contribution is -2.19. The van der Waals surface area contributed by atoms with E-state index in [-0.39, 0.29) is 5.56 Å². The van der Waals surface area contributed by atoms with Gasteiger partial charge in [0.15, 0.2) is 5.13 Å². The second-order valence-corrected chi connectivity index (χ2v) is 4.91. The van der Waals surface area contributed by atoms with Crippen molar-refractivity contribution in [3.63, 3.8) is 0 Å². The third-order valence-electron chi connectivity index (χ3n) is 2.84. The van der Waals surface area contributed by atoms with Crippen LogP contribution in [0.4, 0.5) is 5.13 Å². The van der Waals surface area contributed by atoms with Crippen LogP contribution in [-0.4, -0.2) is 22.9 Å². The number of carbonyl (C=O) groups excluding carboxylic acids is 1. The van der Waals surface area contributed by atoms with Gasteiger partial charge in [-0.25, -0.2) is 4.98 Å². The maximum absolute atomic E-state index is 11.5. The van der Waals surface area contributed by atoms with E-state index in [1.165, 1.54) is 22.3 Å². The zero-order valence-electron chi connectivity index (χ0n) is 11.0. The van der Waals surface area contributed by atoms with E-state index in [4.69, 9.17) is 5.26 Å². The molecule has 0 unspecified atom stereocenters. The first-order valence-corrected chi connectivity index (χ1v) is 6.80. The Morgan fingerprint density at radius 3 is 2.95 bits per heavy atom. The minimum absolute atomic E-state index is 0.0443. The molecule has 0 saturated heterocycles. The molecule has 0 aliphatic rings. The van der Waals surface area contributed by atoms with Crippen LogP contribution in [-0.2, 0) is 4.79 Å². The van der Waals surface area contributed by atoms with Gasteiger partial charge in [0.2, 0.25) is 6.41 Å². The SMILES string of the molecule is CCN(C=O)c1nc(-c2cc(C#N)c(=O)[nH]c2C)cs1. The minimum Gasteiger partial charge on any atom is -0.325 e. The highest BCUT2D eigenvalue weighted by atomic mass is 32.1. The summed E-state index contributed by atoms with van der Waals surface area (Å²) in [6, 6.07) is 3.37. The van der Waals surface area contributed by atoms with Gasteiger partial charge in [-0.2, -0.15) is 5.26 Å². The highest BCUT2D eigenvalue weighted by Gasteiger charge is 2.13. The number of carbonyl (C=O) groups is 1. The Morgan fingerprint density at radius 1 is 1.60 bits per heavy atom. The van der Waals surface area contributed by atoms with Gasteiger partial charge in [0.25, 0.3) is 5.56 Å². The van der Waals surface area contributed by atoms with Gasteiger partial charge in [-0.1, -0.05) is 0 Å². The molecule has 2 rings (SSSR count). The predicted molar refractivity (Wildman–Crippen MR) is 76.7 cm³/mol. The molecule has 1 N–H and O–H groups in total. The number of pyridine rings is 1. The summed E-state index contributed by atoms with van der Waals surface area (Å²) in [5, 5.41) is 11.3. The highest BCUT2D eigenvalue weighted by molar-refractivity contribution is 7.14. The summed E-state index contributed by atoms with van der Waals surface area (Å²) in [7, 11) is 0. The first-order chi connectivity index (χ1) is 9.60. The lowest BCUT2D eigenvalue weighted by atomic mass is 10.1. The largest absolute Gasteiger partial charge is 0.325 e. The van der Waals surface area contributed by atoms with Crippen molar-refractivity contribution < 1.29 is 4.79 Å². The fourth-order valence-corrected chi connectivity index (χ4v) is 2.60. The lowest BCUT2D eigenvalue weighted by Gasteiger charge is -2.09. The number of nitrogens with one attached hydrogen (secondary N) is 1. The van der Waals surface area contributed by atoms with Crippen LogP contribution >= 0.6 is 11.3 Å². The Bertz CT molecular complexity index is 742. The summed E-state index contributed by atoms with van der Waals surface area (Å²) in [6.45, 7) is 4.13. The molecule has 0 radical (unpaired) electrons. The van der Waals surface area contributed by atoms with Crippen molar-refractivity contribution in [1.29, 1.82) is 5.26 Å². The molecule has 2 aromatic heterocycles. The first-order valence-electron chi connectivity index (χ1n) is 5.92. The number of H-pyrrole nitrogens is 1. The van der Waals surface area contributed by atoms with Crippen LogP contribution in [0.25, 0.3) is 11.3 Å². The normalized spacial score (nSPS) is 10.1. The molecule has 1 amide bonds. The van der Waals surface area contributed by atoms with Crippen LogP contribution in [0.15, 0.2) is 16.2 Å². The van der Waals surface area contributed by atoms with E-state index in [9.17, 15) is 9.59 Å². The summed E-state index contributed by atoms with van der Waals surface area (Å²) in [4.78, 5) is 30.9. The van der Waals surface area contributed by atoms with Crippen molar-refractivity contribution in [2.24, 2.45) is 0 Å². The number of aromatic amines is 1. The monoisotopic (exact) mass is 288 g/mol. The molecule has 0 aliphatic heterocycles. The molecule has 2 aromatic rings. The fourth-order valence-electron chi connectivity index (χ4n) is 1.75. The van der Waals surface area contributed by atoms with E-state index in [2.05, 4.69) is 9.97 Å². The maximum atomic E-state index is 11.5. The number of anilines is 1. The van der Waals surface area contributed by atoms with Crippen molar-refractivity contribution in [3.8, 4) is 17.3 Å². The summed E-state index contributed by atoms with van der Waals surface area (Å²) in [5.41, 5.74) is 1.59. The van der Waals surface area contributed by atoms with Gasteiger partial charge in [-0.15, -0.1) is 11.3 Å². The van der Waals surface area contributed by atoms with Crippen molar-refractivity contribution in [2.45, 2.75) is 13.8 Å². The summed E-state index contributed by atoms with van der Waals surface area (Å²) in [5.74, 6) is 0. The highest BCUT2D eigenvalue weighted by Crippen LogP contribution is 2.28. The molecule has 0 atom stereocenters. The molecule has 0 fully saturated rings. The molecular weight excluding hydrogens is 276 g/mol. The first kappa shape index (κ1) is 14.0. The van der Waals surface area contributed by atoms with Crippen molar-refractivity contribution in [1.82, 2.24) is 9.97 Å². The maximum Gasteiger partial charge on any atom is 0.266 e. The van der Waals surface area contributed by atoms with E-state index in [0.29, 0.717) is 28.6 Å². The Hall–Kier alpha value is -2.46. The van der Waals surface area contributed by atoms with Crippen molar-refractivity contribution in [2.75, 3.05) is 11.4 Å². The molecule has 20 heavy (non-hydrogen) atoms. The van der Waals surface area contributed by atoms with Crippen LogP contribution in [0.2, 0.25) is 0 Å². The number of aromatic nitrogens is 2. The Balaban J connectivity index is 2.50. The molecule has 102 valence electrons. The molecular formula is C13H12N4O2S. The van der Waals surface area contributed by atoms with Crippen molar-refractivity contribution in [3.05, 3.63) is 33.1 Å². The Kier molecular flexibility index (Phi) is 3.96. The molecule has 0 spiro atoms. The summed E-state index contributed by atoms with van der Waals surface area (Å²) < 4.78 is 0. The number of thiazole rings is 1. The van der Waals surface area contributed by atoms with Crippen LogP contribution in [0.5, 0.6) is 0 Å². The van der Waals surface area contributed by atoms with E-state index < -0.39 is 5.56 Å². The third kappa shape index (κ3) is 2.46. The van der Waals surface area contributed by atoms with E-state index >= 15 is 0 Å². The number of aryl methyl sites for hydroxylation is 1. The van der Waals surface area contributed by atoms with E-state index in [1.54, 1.807) is 12.3 Å². The molecule has 0 bridgehead atoms. The van der Waals surface area contributed by atoms with Crippen LogP contribution in [0, 0.1) is 18.3 Å². The van der Waals surface area contributed by atoms with Crippen molar-refractivity contribution >= 4 is 22.9 Å². The number of hydrogen-bond donors (Lipinski definition) is 1. The van der Waals surface area contributed by atoms with Gasteiger partial charge in [0.05, 0.1) is 5.69 Å². The zero-order chi connectivity index (χ0) is 14.7. The fraction of sp³-hybridized carbons (Fsp3) is 0.231. The molecule has 0 aromatic carbocycles. The lowest BCUT2D eigenvalue weighted by molar-refractivity contribution is -0.107. The standard InChI is InChI=1S/C13H12N4O2S/c1-3-17(7-18)13-16-11(6-20-13)10-4-9(5-14)12(19)15-8(10)2/h4,6-7H,3H2,1-2H3,(H,15,19). The molecule has 6 nitrogen and oxygen atoms in total. The molecule has 0 saturated carbocycles. The van der Waals surface area contributed by atoms with Gasteiger partial charge >= 0.3 is 0 Å². The number of hydrogen-bond acceptors (Lipinski definition) is 5. The Morgan fingerprint density at radius 2 is 2.35 bits per heavy atom. The van der Waals surface area contributed by atoms with Crippen LogP contribution < -0.4 is 10.5 Å². The van der Waals surface area contributed by atoms with Gasteiger partial charge < -0.3 is 4.98 Å².